The van der Waals surface area contributed by atoms with Crippen LogP contribution in [-0.2, 0) is 4.79 Å². The minimum absolute atomic E-state index is 0.197. The summed E-state index contributed by atoms with van der Waals surface area (Å²) in [5.74, 6) is 1.61. The topological polar surface area (TPSA) is 41.1 Å². The Hall–Kier alpha value is -0.570. The van der Waals surface area contributed by atoms with E-state index in [2.05, 4.69) is 31.4 Å². The number of hydrogen-bond acceptors (Lipinski definition) is 2. The fourth-order valence-corrected chi connectivity index (χ4v) is 3.73. The fourth-order valence-electron chi connectivity index (χ4n) is 3.73. The summed E-state index contributed by atoms with van der Waals surface area (Å²) in [6.07, 6.45) is 7.17. The first-order valence-electron chi connectivity index (χ1n) is 8.04. The van der Waals surface area contributed by atoms with E-state index in [1.54, 1.807) is 0 Å². The minimum atomic E-state index is -0.197. The van der Waals surface area contributed by atoms with Crippen LogP contribution in [0.15, 0.2) is 0 Å². The molecule has 1 saturated carbocycles. The van der Waals surface area contributed by atoms with Crippen molar-refractivity contribution in [1.82, 2.24) is 10.6 Å². The van der Waals surface area contributed by atoms with Crippen molar-refractivity contribution in [2.75, 3.05) is 13.1 Å². The summed E-state index contributed by atoms with van der Waals surface area (Å²) in [5.41, 5.74) is -0.197. The number of rotatable bonds is 3. The summed E-state index contributed by atoms with van der Waals surface area (Å²) in [6, 6.07) is 0.403. The van der Waals surface area contributed by atoms with E-state index in [0.717, 1.165) is 32.4 Å². The molecule has 3 atom stereocenters. The molecule has 0 aromatic carbocycles. The molecule has 2 N–H and O–H groups in total. The van der Waals surface area contributed by atoms with Gasteiger partial charge in [-0.2, -0.15) is 0 Å². The number of amides is 1. The summed E-state index contributed by atoms with van der Waals surface area (Å²) in [7, 11) is 0. The number of carbonyl (C=O) groups is 1. The second kappa shape index (κ2) is 6.25. The Morgan fingerprint density at radius 1 is 1.26 bits per heavy atom. The van der Waals surface area contributed by atoms with Crippen molar-refractivity contribution in [3.8, 4) is 0 Å². The third-order valence-electron chi connectivity index (χ3n) is 5.14. The van der Waals surface area contributed by atoms with Gasteiger partial charge in [0.25, 0.3) is 0 Å². The number of carbonyl (C=O) groups excluding carboxylic acids is 1. The maximum atomic E-state index is 12.6. The number of nitrogens with one attached hydrogen (secondary N) is 2. The fraction of sp³-hybridized carbons (Fsp3) is 0.938. The Morgan fingerprint density at radius 2 is 2.00 bits per heavy atom. The average Bonchev–Trinajstić information content (AvgIpc) is 2.40. The van der Waals surface area contributed by atoms with Gasteiger partial charge < -0.3 is 10.6 Å². The number of hydrogen-bond donors (Lipinski definition) is 2. The predicted molar refractivity (Wildman–Crippen MR) is 78.9 cm³/mol. The first kappa shape index (κ1) is 14.8. The molecular weight excluding hydrogens is 236 g/mol. The lowest BCUT2D eigenvalue weighted by Gasteiger charge is -2.39. The molecular formula is C16H30N2O. The van der Waals surface area contributed by atoms with Crippen molar-refractivity contribution in [1.29, 1.82) is 0 Å². The van der Waals surface area contributed by atoms with Crippen LogP contribution in [0.1, 0.15) is 59.3 Å². The lowest BCUT2D eigenvalue weighted by Crippen LogP contribution is -2.53. The molecule has 2 rings (SSSR count). The highest BCUT2D eigenvalue weighted by Gasteiger charge is 2.37. The summed E-state index contributed by atoms with van der Waals surface area (Å²) in [6.45, 7) is 8.58. The normalized spacial score (nSPS) is 36.2. The molecule has 3 nitrogen and oxygen atoms in total. The van der Waals surface area contributed by atoms with Crippen molar-refractivity contribution in [2.24, 2.45) is 17.3 Å². The van der Waals surface area contributed by atoms with Gasteiger partial charge in [-0.15, -0.1) is 0 Å². The SMILES string of the molecule is CC(C)C1CCCCC1NC(=O)C1(C)CCCNC1. The van der Waals surface area contributed by atoms with E-state index in [-0.39, 0.29) is 11.3 Å². The van der Waals surface area contributed by atoms with E-state index >= 15 is 0 Å². The van der Waals surface area contributed by atoms with Crippen LogP contribution in [0.25, 0.3) is 0 Å². The Bertz CT molecular complexity index is 308. The van der Waals surface area contributed by atoms with E-state index in [1.165, 1.54) is 19.3 Å². The molecule has 1 amide bonds. The maximum Gasteiger partial charge on any atom is 0.227 e. The largest absolute Gasteiger partial charge is 0.353 e. The van der Waals surface area contributed by atoms with Gasteiger partial charge in [-0.3, -0.25) is 4.79 Å². The van der Waals surface area contributed by atoms with Crippen LogP contribution in [0.4, 0.5) is 0 Å². The molecule has 3 heteroatoms. The molecule has 19 heavy (non-hydrogen) atoms. The van der Waals surface area contributed by atoms with Gasteiger partial charge >= 0.3 is 0 Å². The molecule has 2 fully saturated rings. The van der Waals surface area contributed by atoms with Gasteiger partial charge in [0.15, 0.2) is 0 Å². The second-order valence-corrected chi connectivity index (χ2v) is 7.11. The Labute approximate surface area is 117 Å². The highest BCUT2D eigenvalue weighted by atomic mass is 16.2. The van der Waals surface area contributed by atoms with Crippen molar-refractivity contribution < 1.29 is 4.79 Å². The zero-order valence-corrected chi connectivity index (χ0v) is 12.8. The lowest BCUT2D eigenvalue weighted by molar-refractivity contribution is -0.132. The van der Waals surface area contributed by atoms with Gasteiger partial charge in [0.1, 0.15) is 0 Å². The molecule has 1 saturated heterocycles. The molecule has 1 heterocycles. The van der Waals surface area contributed by atoms with Crippen LogP contribution in [0, 0.1) is 17.3 Å². The molecule has 0 bridgehead atoms. The molecule has 0 aromatic rings. The van der Waals surface area contributed by atoms with Crippen molar-refractivity contribution in [3.63, 3.8) is 0 Å². The average molecular weight is 266 g/mol. The molecule has 110 valence electrons. The maximum absolute atomic E-state index is 12.6. The summed E-state index contributed by atoms with van der Waals surface area (Å²) in [5, 5.41) is 6.75. The van der Waals surface area contributed by atoms with Crippen LogP contribution in [0.3, 0.4) is 0 Å². The molecule has 1 aliphatic carbocycles. The second-order valence-electron chi connectivity index (χ2n) is 7.11. The van der Waals surface area contributed by atoms with Gasteiger partial charge in [0, 0.05) is 12.6 Å². The first-order chi connectivity index (χ1) is 9.03. The van der Waals surface area contributed by atoms with Crippen molar-refractivity contribution in [2.45, 2.75) is 65.3 Å². The van der Waals surface area contributed by atoms with E-state index in [4.69, 9.17) is 0 Å². The van der Waals surface area contributed by atoms with Crippen LogP contribution in [0.5, 0.6) is 0 Å². The monoisotopic (exact) mass is 266 g/mol. The van der Waals surface area contributed by atoms with Crippen LogP contribution < -0.4 is 10.6 Å². The Morgan fingerprint density at radius 3 is 2.63 bits per heavy atom. The first-order valence-corrected chi connectivity index (χ1v) is 8.04. The molecule has 0 spiro atoms. The molecule has 2 aliphatic rings. The predicted octanol–water partition coefficient (Wildman–Crippen LogP) is 2.71. The van der Waals surface area contributed by atoms with Gasteiger partial charge in [-0.25, -0.2) is 0 Å². The molecule has 1 aliphatic heterocycles. The van der Waals surface area contributed by atoms with E-state index in [0.29, 0.717) is 17.9 Å². The quantitative estimate of drug-likeness (QED) is 0.824. The van der Waals surface area contributed by atoms with Crippen LogP contribution >= 0.6 is 0 Å². The van der Waals surface area contributed by atoms with Crippen LogP contribution in [-0.4, -0.2) is 25.0 Å². The summed E-state index contributed by atoms with van der Waals surface area (Å²) in [4.78, 5) is 12.6. The Balaban J connectivity index is 1.96. The van der Waals surface area contributed by atoms with Gasteiger partial charge in [0.05, 0.1) is 5.41 Å². The minimum Gasteiger partial charge on any atom is -0.353 e. The van der Waals surface area contributed by atoms with E-state index in [1.807, 2.05) is 0 Å². The van der Waals surface area contributed by atoms with Gasteiger partial charge in [0.2, 0.25) is 5.91 Å². The summed E-state index contributed by atoms with van der Waals surface area (Å²) < 4.78 is 0. The smallest absolute Gasteiger partial charge is 0.227 e. The lowest BCUT2D eigenvalue weighted by atomic mass is 9.76. The molecule has 3 unspecified atom stereocenters. The highest BCUT2D eigenvalue weighted by Crippen LogP contribution is 2.32. The van der Waals surface area contributed by atoms with E-state index < -0.39 is 0 Å². The third kappa shape index (κ3) is 3.50. The molecule has 0 aromatic heterocycles. The van der Waals surface area contributed by atoms with Gasteiger partial charge in [-0.1, -0.05) is 26.7 Å². The zero-order valence-electron chi connectivity index (χ0n) is 12.8. The van der Waals surface area contributed by atoms with Gasteiger partial charge in [-0.05, 0) is 51.0 Å². The van der Waals surface area contributed by atoms with Crippen molar-refractivity contribution in [3.05, 3.63) is 0 Å². The van der Waals surface area contributed by atoms with Crippen LogP contribution in [0.2, 0.25) is 0 Å². The third-order valence-corrected chi connectivity index (χ3v) is 5.14. The Kier molecular flexibility index (Phi) is 4.88. The standard InChI is InChI=1S/C16H30N2O/c1-12(2)13-7-4-5-8-14(13)18-15(19)16(3)9-6-10-17-11-16/h12-14,17H,4-11H2,1-3H3,(H,18,19). The zero-order chi connectivity index (χ0) is 13.9. The van der Waals surface area contributed by atoms with E-state index in [9.17, 15) is 4.79 Å². The summed E-state index contributed by atoms with van der Waals surface area (Å²) >= 11 is 0. The van der Waals surface area contributed by atoms with Crippen molar-refractivity contribution >= 4 is 5.91 Å². The highest BCUT2D eigenvalue weighted by molar-refractivity contribution is 5.83. The number of piperidine rings is 1. The molecule has 0 radical (unpaired) electrons.